The molecule has 1 aliphatic carbocycles. The Kier molecular flexibility index (Phi) is 8.21. The molecule has 1 saturated carbocycles. The summed E-state index contributed by atoms with van der Waals surface area (Å²) >= 11 is 0. The predicted molar refractivity (Wildman–Crippen MR) is 163 cm³/mol. The van der Waals surface area contributed by atoms with Crippen molar-refractivity contribution in [2.24, 2.45) is 0 Å². The average Bonchev–Trinajstić information content (AvgIpc) is 3.75. The summed E-state index contributed by atoms with van der Waals surface area (Å²) in [4.78, 5) is 29.0. The summed E-state index contributed by atoms with van der Waals surface area (Å²) in [6.45, 7) is 5.35. The van der Waals surface area contributed by atoms with E-state index in [9.17, 15) is 14.9 Å². The Morgan fingerprint density at radius 2 is 1.76 bits per heavy atom. The van der Waals surface area contributed by atoms with Gasteiger partial charge in [0.25, 0.3) is 0 Å². The van der Waals surface area contributed by atoms with Crippen LogP contribution in [0.3, 0.4) is 0 Å². The molecule has 8 nitrogen and oxygen atoms in total. The van der Waals surface area contributed by atoms with Gasteiger partial charge in [-0.15, -0.1) is 0 Å². The molecule has 1 unspecified atom stereocenters. The van der Waals surface area contributed by atoms with Crippen molar-refractivity contribution in [1.29, 1.82) is 5.26 Å². The van der Waals surface area contributed by atoms with Crippen LogP contribution in [-0.2, 0) is 15.9 Å². The van der Waals surface area contributed by atoms with Crippen molar-refractivity contribution in [1.82, 2.24) is 10.3 Å². The molecule has 2 atom stereocenters. The van der Waals surface area contributed by atoms with E-state index in [1.165, 1.54) is 25.5 Å². The number of ether oxygens (including phenoxy) is 2. The molecule has 8 heteroatoms. The second kappa shape index (κ2) is 12.0. The fraction of sp³-hybridized carbons (Fsp3) is 0.324. The lowest BCUT2D eigenvalue weighted by molar-refractivity contribution is 0.0501. The van der Waals surface area contributed by atoms with Crippen LogP contribution in [0.2, 0.25) is 0 Å². The Labute approximate surface area is 246 Å². The lowest BCUT2D eigenvalue weighted by Gasteiger charge is -2.27. The maximum Gasteiger partial charge on any atom is 0.407 e. The van der Waals surface area contributed by atoms with Crippen LogP contribution in [0.5, 0.6) is 0 Å². The zero-order valence-corrected chi connectivity index (χ0v) is 24.4. The smallest absolute Gasteiger partial charge is 0.407 e. The van der Waals surface area contributed by atoms with Gasteiger partial charge in [0.15, 0.2) is 0 Å². The second-order valence-electron chi connectivity index (χ2n) is 11.7. The summed E-state index contributed by atoms with van der Waals surface area (Å²) in [6.07, 6.45) is 4.05. The van der Waals surface area contributed by atoms with Gasteiger partial charge < -0.3 is 25.1 Å². The van der Waals surface area contributed by atoms with Gasteiger partial charge >= 0.3 is 12.1 Å². The molecule has 3 aromatic carbocycles. The van der Waals surface area contributed by atoms with Crippen molar-refractivity contribution in [3.8, 4) is 17.2 Å². The minimum atomic E-state index is -0.904. The zero-order valence-electron chi connectivity index (χ0n) is 24.4. The van der Waals surface area contributed by atoms with E-state index in [1.54, 1.807) is 32.9 Å². The molecule has 0 radical (unpaired) electrons. The molecular formula is C34H36N4O4. The van der Waals surface area contributed by atoms with Gasteiger partial charge in [-0.2, -0.15) is 5.26 Å². The number of aromatic nitrogens is 1. The number of H-pyrrole nitrogens is 1. The van der Waals surface area contributed by atoms with Gasteiger partial charge in [0.2, 0.25) is 0 Å². The fourth-order valence-corrected chi connectivity index (χ4v) is 5.13. The van der Waals surface area contributed by atoms with Crippen molar-refractivity contribution in [3.05, 3.63) is 89.6 Å². The molecule has 1 aromatic heterocycles. The molecule has 42 heavy (non-hydrogen) atoms. The number of nitrogens with one attached hydrogen (secondary N) is 3. The monoisotopic (exact) mass is 564 g/mol. The highest BCUT2D eigenvalue weighted by Crippen LogP contribution is 2.40. The van der Waals surface area contributed by atoms with Gasteiger partial charge in [0.05, 0.1) is 24.8 Å². The number of carbonyl (C=O) groups is 2. The van der Waals surface area contributed by atoms with Crippen LogP contribution in [0.1, 0.15) is 61.0 Å². The quantitative estimate of drug-likeness (QED) is 0.190. The molecule has 0 aliphatic heterocycles. The molecule has 3 N–H and O–H groups in total. The van der Waals surface area contributed by atoms with E-state index in [4.69, 9.17) is 9.47 Å². The normalized spacial score (nSPS) is 14.5. The first kappa shape index (κ1) is 28.7. The van der Waals surface area contributed by atoms with Crippen LogP contribution in [-0.4, -0.2) is 41.8 Å². The number of alkyl carbamates (subject to hydrolysis) is 1. The highest BCUT2D eigenvalue weighted by atomic mass is 16.6. The SMILES string of the molecule is COC(=O)c1cc(-c2ccc(C3CC3)cc2)ccc1NC(C#N)[C@H](Cc1c[nH]c2ccccc12)NC(=O)OC(C)(C)C. The number of aromatic amines is 1. The van der Waals surface area contributed by atoms with Crippen LogP contribution >= 0.6 is 0 Å². The number of amides is 1. The highest BCUT2D eigenvalue weighted by Gasteiger charge is 2.29. The minimum absolute atomic E-state index is 0.296. The van der Waals surface area contributed by atoms with Gasteiger partial charge in [-0.25, -0.2) is 9.59 Å². The van der Waals surface area contributed by atoms with E-state index >= 15 is 0 Å². The summed E-state index contributed by atoms with van der Waals surface area (Å²) < 4.78 is 10.6. The first-order valence-electron chi connectivity index (χ1n) is 14.2. The Bertz CT molecular complexity index is 1620. The van der Waals surface area contributed by atoms with Gasteiger partial charge in [-0.05, 0) is 86.4 Å². The lowest BCUT2D eigenvalue weighted by atomic mass is 9.97. The number of nitrogens with zero attached hydrogens (tertiary/aromatic N) is 1. The van der Waals surface area contributed by atoms with E-state index in [1.807, 2.05) is 36.5 Å². The number of hydrogen-bond donors (Lipinski definition) is 3. The van der Waals surface area contributed by atoms with Gasteiger partial charge in [-0.3, -0.25) is 0 Å². The number of anilines is 1. The zero-order chi connectivity index (χ0) is 29.9. The molecule has 0 bridgehead atoms. The number of fused-ring (bicyclic) bond motifs is 1. The van der Waals surface area contributed by atoms with Crippen molar-refractivity contribution in [2.45, 2.75) is 63.6 Å². The van der Waals surface area contributed by atoms with Gasteiger partial charge in [0.1, 0.15) is 11.6 Å². The molecule has 1 heterocycles. The maximum absolute atomic E-state index is 12.9. The third kappa shape index (κ3) is 6.74. The van der Waals surface area contributed by atoms with E-state index in [-0.39, 0.29) is 0 Å². The summed E-state index contributed by atoms with van der Waals surface area (Å²) in [6, 6.07) is 22.4. The third-order valence-electron chi connectivity index (χ3n) is 7.39. The topological polar surface area (TPSA) is 116 Å². The van der Waals surface area contributed by atoms with E-state index < -0.39 is 29.7 Å². The molecule has 1 aliphatic rings. The molecule has 1 amide bonds. The summed E-state index contributed by atoms with van der Waals surface area (Å²) in [7, 11) is 1.33. The molecule has 0 saturated heterocycles. The summed E-state index contributed by atoms with van der Waals surface area (Å²) in [5.41, 5.74) is 5.09. The first-order chi connectivity index (χ1) is 20.1. The largest absolute Gasteiger partial charge is 0.465 e. The van der Waals surface area contributed by atoms with Crippen molar-refractivity contribution < 1.29 is 19.1 Å². The van der Waals surface area contributed by atoms with Crippen LogP contribution in [0.25, 0.3) is 22.0 Å². The lowest BCUT2D eigenvalue weighted by Crippen LogP contribution is -2.49. The number of para-hydroxylation sites is 1. The maximum atomic E-state index is 12.9. The molecule has 216 valence electrons. The third-order valence-corrected chi connectivity index (χ3v) is 7.39. The molecule has 1 fully saturated rings. The van der Waals surface area contributed by atoms with Crippen molar-refractivity contribution in [2.75, 3.05) is 12.4 Å². The van der Waals surface area contributed by atoms with Gasteiger partial charge in [-0.1, -0.05) is 48.5 Å². The molecule has 5 rings (SSSR count). The van der Waals surface area contributed by atoms with Crippen molar-refractivity contribution in [3.63, 3.8) is 0 Å². The van der Waals surface area contributed by atoms with Crippen molar-refractivity contribution >= 4 is 28.7 Å². The Balaban J connectivity index is 1.44. The summed E-state index contributed by atoms with van der Waals surface area (Å²) in [5.74, 6) is 0.129. The minimum Gasteiger partial charge on any atom is -0.465 e. The fourth-order valence-electron chi connectivity index (χ4n) is 5.13. The molecule has 0 spiro atoms. The molecular weight excluding hydrogens is 528 g/mol. The second-order valence-corrected chi connectivity index (χ2v) is 11.7. The van der Waals surface area contributed by atoms with E-state index in [0.29, 0.717) is 23.6 Å². The van der Waals surface area contributed by atoms with E-state index in [0.717, 1.165) is 27.6 Å². The number of carbonyl (C=O) groups excluding carboxylic acids is 2. The Morgan fingerprint density at radius 1 is 1.05 bits per heavy atom. The Morgan fingerprint density at radius 3 is 2.43 bits per heavy atom. The van der Waals surface area contributed by atoms with Gasteiger partial charge in [0, 0.05) is 22.8 Å². The number of hydrogen-bond acceptors (Lipinski definition) is 6. The van der Waals surface area contributed by atoms with E-state index in [2.05, 4.69) is 46.0 Å². The highest BCUT2D eigenvalue weighted by molar-refractivity contribution is 5.97. The predicted octanol–water partition coefficient (Wildman–Crippen LogP) is 6.94. The average molecular weight is 565 g/mol. The van der Waals surface area contributed by atoms with Crippen LogP contribution in [0.4, 0.5) is 10.5 Å². The molecule has 4 aromatic rings. The standard InChI is InChI=1S/C34H36N4O4/c1-34(2,3)42-33(40)38-30(18-25-20-36-28-8-6-5-7-26(25)28)31(19-35)37-29-16-15-24(17-27(29)32(39)41-4)23-13-11-22(12-14-23)21-9-10-21/h5-8,11-17,20-21,30-31,36-37H,9-10,18H2,1-4H3,(H,38,40)/t30-,31?/m0/s1. The van der Waals surface area contributed by atoms with Crippen LogP contribution < -0.4 is 10.6 Å². The number of rotatable bonds is 9. The van der Waals surface area contributed by atoms with Crippen LogP contribution in [0.15, 0.2) is 72.9 Å². The number of esters is 1. The number of benzene rings is 3. The summed E-state index contributed by atoms with van der Waals surface area (Å²) in [5, 5.41) is 17.4. The Hall–Kier alpha value is -4.77. The number of methoxy groups -OCH3 is 1. The first-order valence-corrected chi connectivity index (χ1v) is 14.2. The number of nitriles is 1. The van der Waals surface area contributed by atoms with Crippen LogP contribution in [0, 0.1) is 11.3 Å².